The fraction of sp³-hybridized carbons (Fsp3) is 0.115. The molecule has 0 bridgehead atoms. The zero-order valence-electron chi connectivity index (χ0n) is 30.5. The molecule has 0 radical (unpaired) electrons. The van der Waals surface area contributed by atoms with Gasteiger partial charge in [0.05, 0.1) is 5.69 Å². The Bertz CT molecular complexity index is 3000. The quantitative estimate of drug-likeness (QED) is 0.180. The van der Waals surface area contributed by atoms with Crippen LogP contribution in [0.25, 0.3) is 65.3 Å². The second-order valence-electron chi connectivity index (χ2n) is 16.1. The minimum absolute atomic E-state index is 0.117. The normalized spacial score (nSPS) is 14.7. The van der Waals surface area contributed by atoms with Crippen LogP contribution in [-0.2, 0) is 10.8 Å². The van der Waals surface area contributed by atoms with Gasteiger partial charge >= 0.3 is 0 Å². The third-order valence-electron chi connectivity index (χ3n) is 12.5. The lowest BCUT2D eigenvalue weighted by molar-refractivity contribution is 0.666. The van der Waals surface area contributed by atoms with Crippen LogP contribution in [0.15, 0.2) is 164 Å². The molecule has 0 fully saturated rings. The summed E-state index contributed by atoms with van der Waals surface area (Å²) in [5, 5.41) is 10.4. The highest BCUT2D eigenvalue weighted by Crippen LogP contribution is 2.57. The number of fused-ring (bicyclic) bond motifs is 13. The molecule has 1 nitrogen and oxygen atoms in total. The number of para-hydroxylation sites is 1. The number of anilines is 3. The molecule has 0 unspecified atom stereocenters. The smallest absolute Gasteiger partial charge is 0.0546 e. The summed E-state index contributed by atoms with van der Waals surface area (Å²) in [6, 6.07) is 61.4. The van der Waals surface area contributed by atoms with E-state index in [1.807, 2.05) is 0 Å². The second-order valence-corrected chi connectivity index (χ2v) is 16.1. The molecule has 0 heterocycles. The molecule has 0 amide bonds. The highest BCUT2D eigenvalue weighted by atomic mass is 15.1. The first-order chi connectivity index (χ1) is 25.8. The summed E-state index contributed by atoms with van der Waals surface area (Å²) in [4.78, 5) is 2.48. The standard InChI is InChI=1S/C52H39N/c1-51(2)45-27-23-32-14-10-11-19-38(32)48(45)44-31-47(40-20-12-13-21-41(40)50(44)51)53(36-17-6-5-7-18-36)37-24-26-39-35(28-37)22-25-42-43-29-33-15-8-9-16-34(33)30-46(43)52(3,4)49(39)42/h5-31H,1-4H3. The van der Waals surface area contributed by atoms with Gasteiger partial charge in [0.15, 0.2) is 0 Å². The van der Waals surface area contributed by atoms with Crippen molar-refractivity contribution < 1.29 is 0 Å². The number of hydrogen-bond donors (Lipinski definition) is 0. The molecule has 2 aliphatic carbocycles. The molecule has 2 aliphatic rings. The molecule has 0 aliphatic heterocycles. The van der Waals surface area contributed by atoms with Gasteiger partial charge in [-0.05, 0) is 125 Å². The van der Waals surface area contributed by atoms with E-state index >= 15 is 0 Å². The molecule has 0 spiro atoms. The summed E-state index contributed by atoms with van der Waals surface area (Å²) in [5.41, 5.74) is 14.3. The van der Waals surface area contributed by atoms with Gasteiger partial charge in [0, 0.05) is 27.6 Å². The van der Waals surface area contributed by atoms with Gasteiger partial charge in [-0.1, -0.05) is 149 Å². The Morgan fingerprint density at radius 3 is 1.77 bits per heavy atom. The summed E-state index contributed by atoms with van der Waals surface area (Å²) in [6.45, 7) is 9.60. The predicted molar refractivity (Wildman–Crippen MR) is 226 cm³/mol. The lowest BCUT2D eigenvalue weighted by Crippen LogP contribution is -2.17. The monoisotopic (exact) mass is 677 g/mol. The fourth-order valence-electron chi connectivity index (χ4n) is 10.1. The predicted octanol–water partition coefficient (Wildman–Crippen LogP) is 14.4. The first-order valence-corrected chi connectivity index (χ1v) is 18.9. The SMILES string of the molecule is CC1(C)c2cc3ccccc3cc2-c2ccc3cc(N(c4ccccc4)c4cc5c(c6ccccc46)C(C)(C)c4ccc6ccccc6c4-5)ccc3c21. The minimum atomic E-state index is -0.135. The first kappa shape index (κ1) is 30.4. The molecule has 0 N–H and O–H groups in total. The number of rotatable bonds is 3. The van der Waals surface area contributed by atoms with Crippen LogP contribution in [0.3, 0.4) is 0 Å². The van der Waals surface area contributed by atoms with Crippen LogP contribution in [0.5, 0.6) is 0 Å². The molecule has 9 aromatic carbocycles. The zero-order valence-corrected chi connectivity index (χ0v) is 30.5. The summed E-state index contributed by atoms with van der Waals surface area (Å²) in [6.07, 6.45) is 0. The van der Waals surface area contributed by atoms with E-state index in [1.54, 1.807) is 0 Å². The Balaban J connectivity index is 1.16. The van der Waals surface area contributed by atoms with E-state index < -0.39 is 0 Å². The molecular weight excluding hydrogens is 639 g/mol. The minimum Gasteiger partial charge on any atom is -0.310 e. The van der Waals surface area contributed by atoms with Crippen molar-refractivity contribution in [3.05, 3.63) is 186 Å². The van der Waals surface area contributed by atoms with Crippen LogP contribution >= 0.6 is 0 Å². The van der Waals surface area contributed by atoms with Crippen molar-refractivity contribution in [3.8, 4) is 22.3 Å². The van der Waals surface area contributed by atoms with E-state index in [-0.39, 0.29) is 10.8 Å². The molecular formula is C52H39N. The average molecular weight is 678 g/mol. The van der Waals surface area contributed by atoms with Gasteiger partial charge in [0.25, 0.3) is 0 Å². The lowest BCUT2D eigenvalue weighted by atomic mass is 9.79. The highest BCUT2D eigenvalue weighted by Gasteiger charge is 2.40. The zero-order chi connectivity index (χ0) is 35.6. The van der Waals surface area contributed by atoms with Crippen LogP contribution in [0.1, 0.15) is 49.9 Å². The molecule has 0 saturated heterocycles. The van der Waals surface area contributed by atoms with Crippen molar-refractivity contribution in [3.63, 3.8) is 0 Å². The lowest BCUT2D eigenvalue weighted by Gasteiger charge is -2.30. The Kier molecular flexibility index (Phi) is 6.14. The summed E-state index contributed by atoms with van der Waals surface area (Å²) < 4.78 is 0. The Morgan fingerprint density at radius 2 is 0.981 bits per heavy atom. The Hall–Kier alpha value is -6.18. The summed E-state index contributed by atoms with van der Waals surface area (Å²) in [5.74, 6) is 0. The first-order valence-electron chi connectivity index (χ1n) is 18.9. The third kappa shape index (κ3) is 4.14. The molecule has 0 aromatic heterocycles. The van der Waals surface area contributed by atoms with Crippen LogP contribution in [-0.4, -0.2) is 0 Å². The summed E-state index contributed by atoms with van der Waals surface area (Å²) >= 11 is 0. The maximum atomic E-state index is 2.49. The van der Waals surface area contributed by atoms with Crippen LogP contribution in [0.4, 0.5) is 17.1 Å². The van der Waals surface area contributed by atoms with E-state index in [0.717, 1.165) is 11.4 Å². The average Bonchev–Trinajstić information content (AvgIpc) is 3.56. The van der Waals surface area contributed by atoms with Crippen molar-refractivity contribution in [2.24, 2.45) is 0 Å². The maximum Gasteiger partial charge on any atom is 0.0546 e. The maximum absolute atomic E-state index is 2.49. The van der Waals surface area contributed by atoms with Crippen LogP contribution in [0, 0.1) is 0 Å². The highest BCUT2D eigenvalue weighted by molar-refractivity contribution is 6.12. The van der Waals surface area contributed by atoms with Crippen molar-refractivity contribution in [1.82, 2.24) is 0 Å². The molecule has 1 heteroatoms. The van der Waals surface area contributed by atoms with Crippen molar-refractivity contribution in [1.29, 1.82) is 0 Å². The Labute approximate surface area is 310 Å². The van der Waals surface area contributed by atoms with Crippen molar-refractivity contribution in [2.45, 2.75) is 38.5 Å². The number of nitrogens with zero attached hydrogens (tertiary/aromatic N) is 1. The van der Waals surface area contributed by atoms with Crippen molar-refractivity contribution in [2.75, 3.05) is 4.90 Å². The van der Waals surface area contributed by atoms with Crippen molar-refractivity contribution >= 4 is 60.2 Å². The molecule has 9 aromatic rings. The second kappa shape index (κ2) is 10.7. The van der Waals surface area contributed by atoms with Gasteiger partial charge in [-0.25, -0.2) is 0 Å². The van der Waals surface area contributed by atoms with Gasteiger partial charge in [-0.2, -0.15) is 0 Å². The topological polar surface area (TPSA) is 3.24 Å². The number of benzene rings is 9. The summed E-state index contributed by atoms with van der Waals surface area (Å²) in [7, 11) is 0. The van der Waals surface area contributed by atoms with Gasteiger partial charge in [0.1, 0.15) is 0 Å². The van der Waals surface area contributed by atoms with Gasteiger partial charge < -0.3 is 4.90 Å². The van der Waals surface area contributed by atoms with Gasteiger partial charge in [0.2, 0.25) is 0 Å². The molecule has 53 heavy (non-hydrogen) atoms. The van der Waals surface area contributed by atoms with E-state index in [0.29, 0.717) is 0 Å². The van der Waals surface area contributed by atoms with E-state index in [4.69, 9.17) is 0 Å². The van der Waals surface area contributed by atoms with E-state index in [2.05, 4.69) is 196 Å². The van der Waals surface area contributed by atoms with Crippen LogP contribution in [0.2, 0.25) is 0 Å². The van der Waals surface area contributed by atoms with Crippen LogP contribution < -0.4 is 4.90 Å². The fourth-order valence-corrected chi connectivity index (χ4v) is 10.1. The molecule has 0 atom stereocenters. The van der Waals surface area contributed by atoms with E-state index in [1.165, 1.54) is 93.3 Å². The van der Waals surface area contributed by atoms with Gasteiger partial charge in [-0.3, -0.25) is 0 Å². The Morgan fingerprint density at radius 1 is 0.358 bits per heavy atom. The largest absolute Gasteiger partial charge is 0.310 e. The third-order valence-corrected chi connectivity index (χ3v) is 12.5. The van der Waals surface area contributed by atoms with E-state index in [9.17, 15) is 0 Å². The number of hydrogen-bond acceptors (Lipinski definition) is 1. The van der Waals surface area contributed by atoms with Gasteiger partial charge in [-0.15, -0.1) is 0 Å². The molecule has 11 rings (SSSR count). The molecule has 0 saturated carbocycles. The molecule has 252 valence electrons.